The monoisotopic (exact) mass is 313 g/mol. The van der Waals surface area contributed by atoms with Gasteiger partial charge in [-0.15, -0.1) is 0 Å². The maximum Gasteiger partial charge on any atom is 0.331 e. The molecule has 0 heterocycles. The average Bonchev–Trinajstić information content (AvgIpc) is 2.48. The summed E-state index contributed by atoms with van der Waals surface area (Å²) in [5.41, 5.74) is -0.238. The Labute approximate surface area is 129 Å². The number of methoxy groups -OCH3 is 1. The topological polar surface area (TPSA) is 64.6 Å². The van der Waals surface area contributed by atoms with Crippen LogP contribution in [0.2, 0.25) is 5.02 Å². The molecule has 0 bridgehead atoms. The molecule has 0 aliphatic rings. The minimum Gasteiger partial charge on any atom is -0.467 e. The van der Waals surface area contributed by atoms with E-state index >= 15 is 0 Å². The zero-order valence-corrected chi connectivity index (χ0v) is 13.2. The highest BCUT2D eigenvalue weighted by molar-refractivity contribution is 6.31. The number of hydrogen-bond acceptors (Lipinski definition) is 4. The predicted molar refractivity (Wildman–Crippen MR) is 80.0 cm³/mol. The van der Waals surface area contributed by atoms with Crippen molar-refractivity contribution in [1.82, 2.24) is 5.32 Å². The maximum absolute atomic E-state index is 11.8. The quantitative estimate of drug-likeness (QED) is 0.785. The summed E-state index contributed by atoms with van der Waals surface area (Å²) in [6.07, 6.45) is 0.427. The Morgan fingerprint density at radius 3 is 2.57 bits per heavy atom. The Kier molecular flexibility index (Phi) is 6.65. The Morgan fingerprint density at radius 2 is 2.00 bits per heavy atom. The number of rotatable bonds is 7. The van der Waals surface area contributed by atoms with Gasteiger partial charge in [0.1, 0.15) is 12.1 Å². The fourth-order valence-corrected chi connectivity index (χ4v) is 1.91. The Hall–Kier alpha value is -1.59. The number of benzene rings is 1. The zero-order chi connectivity index (χ0) is 15.9. The van der Waals surface area contributed by atoms with Crippen molar-refractivity contribution >= 4 is 23.5 Å². The second-order valence-electron chi connectivity index (χ2n) is 4.81. The van der Waals surface area contributed by atoms with Gasteiger partial charge in [0, 0.05) is 5.02 Å². The van der Waals surface area contributed by atoms with E-state index in [4.69, 9.17) is 16.3 Å². The lowest BCUT2D eigenvalue weighted by atomic mass is 9.99. The van der Waals surface area contributed by atoms with Gasteiger partial charge in [-0.25, -0.2) is 4.79 Å². The second-order valence-corrected chi connectivity index (χ2v) is 5.22. The zero-order valence-electron chi connectivity index (χ0n) is 12.4. The molecular formula is C15H20ClNO4. The molecule has 1 N–H and O–H groups in total. The highest BCUT2D eigenvalue weighted by atomic mass is 35.5. The fourth-order valence-electron chi connectivity index (χ4n) is 1.72. The summed E-state index contributed by atoms with van der Waals surface area (Å²) >= 11 is 5.99. The number of ether oxygens (including phenoxy) is 2. The molecule has 1 aromatic carbocycles. The van der Waals surface area contributed by atoms with Crippen molar-refractivity contribution in [3.63, 3.8) is 0 Å². The normalized spacial score (nSPS) is 13.3. The molecule has 1 aromatic rings. The van der Waals surface area contributed by atoms with Crippen LogP contribution in [-0.2, 0) is 25.7 Å². The van der Waals surface area contributed by atoms with E-state index in [1.54, 1.807) is 19.9 Å². The van der Waals surface area contributed by atoms with E-state index in [0.29, 0.717) is 11.4 Å². The van der Waals surface area contributed by atoms with Crippen molar-refractivity contribution in [2.45, 2.75) is 32.4 Å². The Bertz CT molecular complexity index is 506. The lowest BCUT2D eigenvalue weighted by Crippen LogP contribution is -2.53. The van der Waals surface area contributed by atoms with Gasteiger partial charge in [-0.05, 0) is 25.0 Å². The van der Waals surface area contributed by atoms with E-state index in [9.17, 15) is 9.59 Å². The molecule has 0 saturated heterocycles. The first-order chi connectivity index (χ1) is 9.92. The molecule has 5 nitrogen and oxygen atoms in total. The molecule has 1 unspecified atom stereocenters. The molecule has 1 atom stereocenters. The van der Waals surface area contributed by atoms with Crippen LogP contribution < -0.4 is 5.32 Å². The van der Waals surface area contributed by atoms with Gasteiger partial charge in [-0.1, -0.05) is 36.7 Å². The molecule has 0 radical (unpaired) electrons. The molecule has 0 aromatic heterocycles. The van der Waals surface area contributed by atoms with Crippen LogP contribution >= 0.6 is 11.6 Å². The minimum absolute atomic E-state index is 0.155. The Balaban J connectivity index is 2.47. The SMILES string of the molecule is CCC(C)(NC(=O)COCc1ccccc1Cl)C(=O)OC. The summed E-state index contributed by atoms with van der Waals surface area (Å²) in [5.74, 6) is -0.860. The van der Waals surface area contributed by atoms with Crippen molar-refractivity contribution in [3.05, 3.63) is 34.9 Å². The standard InChI is InChI=1S/C15H20ClNO4/c1-4-15(2,14(19)20-3)17-13(18)10-21-9-11-7-5-6-8-12(11)16/h5-8H,4,9-10H2,1-3H3,(H,17,18). The fraction of sp³-hybridized carbons (Fsp3) is 0.467. The van der Waals surface area contributed by atoms with Gasteiger partial charge in [0.05, 0.1) is 13.7 Å². The number of nitrogens with one attached hydrogen (secondary N) is 1. The smallest absolute Gasteiger partial charge is 0.331 e. The predicted octanol–water partition coefficient (Wildman–Crippen LogP) is 2.31. The van der Waals surface area contributed by atoms with E-state index in [2.05, 4.69) is 10.1 Å². The van der Waals surface area contributed by atoms with Gasteiger partial charge < -0.3 is 14.8 Å². The first-order valence-electron chi connectivity index (χ1n) is 6.63. The van der Waals surface area contributed by atoms with Gasteiger partial charge in [0.2, 0.25) is 5.91 Å². The van der Waals surface area contributed by atoms with Crippen molar-refractivity contribution in [1.29, 1.82) is 0 Å². The van der Waals surface area contributed by atoms with Crippen LogP contribution in [0.25, 0.3) is 0 Å². The summed E-state index contributed by atoms with van der Waals surface area (Å²) in [7, 11) is 1.29. The summed E-state index contributed by atoms with van der Waals surface area (Å²) < 4.78 is 10.0. The summed E-state index contributed by atoms with van der Waals surface area (Å²) in [5, 5.41) is 3.21. The van der Waals surface area contributed by atoms with Crippen molar-refractivity contribution < 1.29 is 19.1 Å². The van der Waals surface area contributed by atoms with Gasteiger partial charge in [0.25, 0.3) is 0 Å². The number of hydrogen-bond donors (Lipinski definition) is 1. The van der Waals surface area contributed by atoms with Gasteiger partial charge >= 0.3 is 5.97 Å². The number of carbonyl (C=O) groups is 2. The lowest BCUT2D eigenvalue weighted by molar-refractivity contribution is -0.151. The van der Waals surface area contributed by atoms with Gasteiger partial charge in [-0.2, -0.15) is 0 Å². The van der Waals surface area contributed by atoms with Crippen LogP contribution in [0.1, 0.15) is 25.8 Å². The van der Waals surface area contributed by atoms with E-state index in [1.165, 1.54) is 7.11 Å². The average molecular weight is 314 g/mol. The van der Waals surface area contributed by atoms with Crippen molar-refractivity contribution in [2.24, 2.45) is 0 Å². The summed E-state index contributed by atoms with van der Waals surface area (Å²) in [6.45, 7) is 3.48. The lowest BCUT2D eigenvalue weighted by Gasteiger charge is -2.26. The Morgan fingerprint density at radius 1 is 1.33 bits per heavy atom. The van der Waals surface area contributed by atoms with E-state index in [1.807, 2.05) is 18.2 Å². The molecule has 116 valence electrons. The largest absolute Gasteiger partial charge is 0.467 e. The highest BCUT2D eigenvalue weighted by Gasteiger charge is 2.33. The third-order valence-electron chi connectivity index (χ3n) is 3.21. The third kappa shape index (κ3) is 5.02. The summed E-state index contributed by atoms with van der Waals surface area (Å²) in [6, 6.07) is 7.24. The van der Waals surface area contributed by atoms with Crippen LogP contribution in [0.4, 0.5) is 0 Å². The van der Waals surface area contributed by atoms with Crippen LogP contribution in [0.15, 0.2) is 24.3 Å². The van der Waals surface area contributed by atoms with E-state index in [-0.39, 0.29) is 19.1 Å². The van der Waals surface area contributed by atoms with Crippen molar-refractivity contribution in [2.75, 3.05) is 13.7 Å². The van der Waals surface area contributed by atoms with Gasteiger partial charge in [-0.3, -0.25) is 4.79 Å². The van der Waals surface area contributed by atoms with Crippen LogP contribution in [-0.4, -0.2) is 31.1 Å². The van der Waals surface area contributed by atoms with Gasteiger partial charge in [0.15, 0.2) is 0 Å². The van der Waals surface area contributed by atoms with Crippen LogP contribution in [0, 0.1) is 0 Å². The molecule has 0 fully saturated rings. The highest BCUT2D eigenvalue weighted by Crippen LogP contribution is 2.15. The number of carbonyl (C=O) groups excluding carboxylic acids is 2. The molecule has 0 aliphatic heterocycles. The first kappa shape index (κ1) is 17.5. The third-order valence-corrected chi connectivity index (χ3v) is 3.58. The first-order valence-corrected chi connectivity index (χ1v) is 7.01. The van der Waals surface area contributed by atoms with Crippen LogP contribution in [0.5, 0.6) is 0 Å². The molecule has 0 spiro atoms. The molecular weight excluding hydrogens is 294 g/mol. The summed E-state index contributed by atoms with van der Waals surface area (Å²) in [4.78, 5) is 23.5. The molecule has 0 aliphatic carbocycles. The minimum atomic E-state index is -1.04. The molecule has 1 rings (SSSR count). The molecule has 6 heteroatoms. The number of esters is 1. The maximum atomic E-state index is 11.8. The molecule has 1 amide bonds. The van der Waals surface area contributed by atoms with Crippen molar-refractivity contribution in [3.8, 4) is 0 Å². The van der Waals surface area contributed by atoms with Crippen LogP contribution in [0.3, 0.4) is 0 Å². The molecule has 0 saturated carbocycles. The molecule has 21 heavy (non-hydrogen) atoms. The number of amides is 1. The number of halogens is 1. The van der Waals surface area contributed by atoms with E-state index in [0.717, 1.165) is 5.56 Å². The second kappa shape index (κ2) is 8.00. The van der Waals surface area contributed by atoms with E-state index < -0.39 is 11.5 Å².